The van der Waals surface area contributed by atoms with Gasteiger partial charge in [-0.05, 0) is 13.8 Å². The number of carbonyl (C=O) groups is 3. The van der Waals surface area contributed by atoms with Crippen LogP contribution < -0.4 is 34.7 Å². The van der Waals surface area contributed by atoms with Crippen molar-refractivity contribution in [2.24, 2.45) is 0 Å². The molecule has 30 heavy (non-hydrogen) atoms. The maximum absolute atomic E-state index is 12.7. The summed E-state index contributed by atoms with van der Waals surface area (Å²) in [5, 5.41) is 19.9. The molecular formula is C19H19N4NaO5S. The first-order chi connectivity index (χ1) is 13.9. The Balaban J connectivity index is 0.00000256. The summed E-state index contributed by atoms with van der Waals surface area (Å²) in [4.78, 5) is 37.8. The SMILES string of the molecule is CCOC(=O)c1c(-c2ccccc2)nnn1C[C@]1(C)S[C@@H]2CC(=O)N2[C@H]1C(=O)[O-].[Na+]. The Morgan fingerprint density at radius 1 is 1.33 bits per heavy atom. The van der Waals surface area contributed by atoms with Crippen LogP contribution in [0.25, 0.3) is 11.3 Å². The second-order valence-electron chi connectivity index (χ2n) is 7.14. The van der Waals surface area contributed by atoms with Crippen molar-refractivity contribution < 1.29 is 53.8 Å². The standard InChI is InChI=1S/C19H20N4O5S.Na/c1-3-28-18(27)15-14(11-7-5-4-6-8-11)20-21-22(15)10-19(2)16(17(25)26)23-12(24)9-13(23)29-19;/h4-8,13,16H,3,9-10H2,1-2H3,(H,25,26);/q;+1/p-1/t13-,16+,19+;/m1./s1. The van der Waals surface area contributed by atoms with Gasteiger partial charge in [-0.25, -0.2) is 9.48 Å². The Hall–Kier alpha value is -1.88. The maximum atomic E-state index is 12.7. The number of amides is 1. The molecule has 9 nitrogen and oxygen atoms in total. The van der Waals surface area contributed by atoms with Crippen LogP contribution in [0, 0.1) is 0 Å². The molecule has 0 saturated carbocycles. The minimum Gasteiger partial charge on any atom is -0.548 e. The fraction of sp³-hybridized carbons (Fsp3) is 0.421. The van der Waals surface area contributed by atoms with Crippen LogP contribution in [0.1, 0.15) is 30.8 Å². The van der Waals surface area contributed by atoms with Crippen LogP contribution in [0.5, 0.6) is 0 Å². The minimum atomic E-state index is -1.32. The average molecular weight is 438 g/mol. The molecule has 2 aliphatic heterocycles. The molecule has 152 valence electrons. The number of β-lactam (4-membered cyclic amide) rings is 1. The summed E-state index contributed by atoms with van der Waals surface area (Å²) in [6.45, 7) is 3.68. The Labute approximate surface area is 199 Å². The van der Waals surface area contributed by atoms with E-state index in [1.807, 2.05) is 18.2 Å². The first kappa shape index (κ1) is 22.8. The van der Waals surface area contributed by atoms with Crippen LogP contribution in [-0.4, -0.2) is 60.5 Å². The van der Waals surface area contributed by atoms with Gasteiger partial charge < -0.3 is 19.5 Å². The first-order valence-corrected chi connectivity index (χ1v) is 10.1. The minimum absolute atomic E-state index is 0. The summed E-state index contributed by atoms with van der Waals surface area (Å²) in [7, 11) is 0. The van der Waals surface area contributed by atoms with Gasteiger partial charge in [-0.2, -0.15) is 0 Å². The van der Waals surface area contributed by atoms with Gasteiger partial charge >= 0.3 is 35.5 Å². The normalized spacial score (nSPS) is 24.6. The molecule has 0 bridgehead atoms. The van der Waals surface area contributed by atoms with E-state index in [2.05, 4.69) is 10.3 Å². The summed E-state index contributed by atoms with van der Waals surface area (Å²) in [5.74, 6) is -2.13. The van der Waals surface area contributed by atoms with Crippen molar-refractivity contribution in [2.45, 2.75) is 43.0 Å². The van der Waals surface area contributed by atoms with Crippen molar-refractivity contribution in [3.63, 3.8) is 0 Å². The molecule has 0 radical (unpaired) electrons. The summed E-state index contributed by atoms with van der Waals surface area (Å²) >= 11 is 1.38. The van der Waals surface area contributed by atoms with E-state index in [1.54, 1.807) is 26.0 Å². The molecule has 0 spiro atoms. The Morgan fingerprint density at radius 3 is 2.63 bits per heavy atom. The molecule has 2 saturated heterocycles. The molecule has 2 fully saturated rings. The van der Waals surface area contributed by atoms with E-state index >= 15 is 0 Å². The quantitative estimate of drug-likeness (QED) is 0.272. The molecular weight excluding hydrogens is 419 g/mol. The van der Waals surface area contributed by atoms with Crippen molar-refractivity contribution in [2.75, 3.05) is 6.61 Å². The van der Waals surface area contributed by atoms with E-state index in [0.29, 0.717) is 17.7 Å². The van der Waals surface area contributed by atoms with E-state index in [-0.39, 0.29) is 59.7 Å². The summed E-state index contributed by atoms with van der Waals surface area (Å²) in [5.41, 5.74) is 1.21. The number of aromatic nitrogens is 3. The number of esters is 1. The van der Waals surface area contributed by atoms with E-state index in [0.717, 1.165) is 0 Å². The van der Waals surface area contributed by atoms with Crippen molar-refractivity contribution >= 4 is 29.6 Å². The average Bonchev–Trinajstić information content (AvgIpc) is 3.19. The van der Waals surface area contributed by atoms with Gasteiger partial charge in [-0.1, -0.05) is 35.5 Å². The number of hydrogen-bond acceptors (Lipinski definition) is 8. The van der Waals surface area contributed by atoms with Crippen molar-refractivity contribution in [3.8, 4) is 11.3 Å². The van der Waals surface area contributed by atoms with Gasteiger partial charge in [0.05, 0.1) is 41.7 Å². The molecule has 0 unspecified atom stereocenters. The zero-order valence-electron chi connectivity index (χ0n) is 16.9. The second-order valence-corrected chi connectivity index (χ2v) is 8.86. The number of hydrogen-bond donors (Lipinski definition) is 0. The Morgan fingerprint density at radius 2 is 2.03 bits per heavy atom. The van der Waals surface area contributed by atoms with E-state index in [1.165, 1.54) is 21.3 Å². The molecule has 11 heteroatoms. The van der Waals surface area contributed by atoms with Crippen molar-refractivity contribution in [1.82, 2.24) is 19.9 Å². The van der Waals surface area contributed by atoms with Gasteiger partial charge in [-0.15, -0.1) is 16.9 Å². The zero-order chi connectivity index (χ0) is 20.8. The van der Waals surface area contributed by atoms with E-state index < -0.39 is 22.7 Å². The van der Waals surface area contributed by atoms with Crippen LogP contribution >= 0.6 is 11.8 Å². The van der Waals surface area contributed by atoms with Crippen LogP contribution in [0.3, 0.4) is 0 Å². The number of aliphatic carboxylic acids is 1. The number of rotatable bonds is 6. The molecule has 0 aliphatic carbocycles. The largest absolute Gasteiger partial charge is 1.00 e. The first-order valence-electron chi connectivity index (χ1n) is 9.21. The van der Waals surface area contributed by atoms with Gasteiger partial charge in [0.1, 0.15) is 5.69 Å². The molecule has 2 aliphatic rings. The number of benzene rings is 1. The predicted molar refractivity (Wildman–Crippen MR) is 101 cm³/mol. The molecule has 3 heterocycles. The third kappa shape index (κ3) is 3.77. The molecule has 3 atom stereocenters. The molecule has 1 amide bonds. The molecule has 4 rings (SSSR count). The van der Waals surface area contributed by atoms with Crippen LogP contribution in [0.15, 0.2) is 30.3 Å². The molecule has 1 aromatic carbocycles. The van der Waals surface area contributed by atoms with Gasteiger partial charge in [0.15, 0.2) is 5.69 Å². The third-order valence-corrected chi connectivity index (χ3v) is 6.70. The Bertz CT molecular complexity index is 985. The van der Waals surface area contributed by atoms with Crippen molar-refractivity contribution in [3.05, 3.63) is 36.0 Å². The van der Waals surface area contributed by atoms with Crippen LogP contribution in [0.4, 0.5) is 0 Å². The van der Waals surface area contributed by atoms with E-state index in [4.69, 9.17) is 4.74 Å². The molecule has 1 aromatic heterocycles. The molecule has 0 N–H and O–H groups in total. The smallest absolute Gasteiger partial charge is 0.548 e. The predicted octanol–water partition coefficient (Wildman–Crippen LogP) is -2.69. The van der Waals surface area contributed by atoms with Crippen molar-refractivity contribution in [1.29, 1.82) is 0 Å². The number of thioether (sulfide) groups is 1. The number of carbonyl (C=O) groups excluding carboxylic acids is 3. The summed E-state index contributed by atoms with van der Waals surface area (Å²) in [6.07, 6.45) is 0.293. The van der Waals surface area contributed by atoms with E-state index in [9.17, 15) is 19.5 Å². The number of ether oxygens (including phenoxy) is 1. The Kier molecular flexibility index (Phi) is 6.61. The number of carboxylic acids is 1. The monoisotopic (exact) mass is 438 g/mol. The van der Waals surface area contributed by atoms with Gasteiger partial charge in [0.25, 0.3) is 0 Å². The van der Waals surface area contributed by atoms with Gasteiger partial charge in [0, 0.05) is 5.56 Å². The topological polar surface area (TPSA) is 117 Å². The summed E-state index contributed by atoms with van der Waals surface area (Å²) in [6, 6.07) is 7.98. The van der Waals surface area contributed by atoms with Gasteiger partial charge in [0.2, 0.25) is 5.91 Å². The van der Waals surface area contributed by atoms with Crippen LogP contribution in [-0.2, 0) is 20.9 Å². The number of nitrogens with zero attached hydrogens (tertiary/aromatic N) is 4. The van der Waals surface area contributed by atoms with Crippen LogP contribution in [0.2, 0.25) is 0 Å². The number of carboxylic acid groups (broad SMARTS) is 1. The fourth-order valence-electron chi connectivity index (χ4n) is 3.88. The number of fused-ring (bicyclic) bond motifs is 1. The maximum Gasteiger partial charge on any atom is 1.00 e. The fourth-order valence-corrected chi connectivity index (χ4v) is 5.61. The molecule has 2 aromatic rings. The zero-order valence-corrected chi connectivity index (χ0v) is 19.7. The van der Waals surface area contributed by atoms with Gasteiger partial charge in [-0.3, -0.25) is 4.79 Å². The third-order valence-electron chi connectivity index (χ3n) is 5.15. The second kappa shape index (κ2) is 8.70. The summed E-state index contributed by atoms with van der Waals surface area (Å²) < 4.78 is 5.64.